The van der Waals surface area contributed by atoms with Crippen molar-refractivity contribution in [3.8, 4) is 17.2 Å². The fraction of sp³-hybridized carbons (Fsp3) is 0.263. The Balaban J connectivity index is 2.23. The summed E-state index contributed by atoms with van der Waals surface area (Å²) in [6.45, 7) is 1.18. The van der Waals surface area contributed by atoms with Gasteiger partial charge in [-0.05, 0) is 30.3 Å². The first-order valence-electron chi connectivity index (χ1n) is 8.03. The van der Waals surface area contributed by atoms with E-state index in [1.165, 1.54) is 33.2 Å². The number of benzene rings is 2. The number of methoxy groups -OCH3 is 3. The Morgan fingerprint density at radius 3 is 2.19 bits per heavy atom. The van der Waals surface area contributed by atoms with Crippen LogP contribution < -0.4 is 24.4 Å². The van der Waals surface area contributed by atoms with Gasteiger partial charge in [-0.3, -0.25) is 9.59 Å². The topological polar surface area (TPSA) is 77.1 Å². The summed E-state index contributed by atoms with van der Waals surface area (Å²) in [5, 5.41) is 3.16. The number of anilines is 2. The molecule has 144 valence electrons. The molecule has 0 unspecified atom stereocenters. The molecule has 1 N–H and O–H groups in total. The molecule has 0 saturated heterocycles. The molecular weight excluding hydrogens is 372 g/mol. The number of nitrogens with one attached hydrogen (secondary N) is 1. The van der Waals surface area contributed by atoms with Gasteiger partial charge in [0.2, 0.25) is 11.8 Å². The molecule has 0 aromatic heterocycles. The SMILES string of the molecule is COc1ccc(Cl)cc1NC(=O)CN(C(C)=O)c1ccc(OC)c(OC)c1. The summed E-state index contributed by atoms with van der Waals surface area (Å²) in [5.74, 6) is 0.750. The third kappa shape index (κ3) is 5.04. The third-order valence-electron chi connectivity index (χ3n) is 3.80. The molecule has 0 fully saturated rings. The summed E-state index contributed by atoms with van der Waals surface area (Å²) >= 11 is 5.97. The highest BCUT2D eigenvalue weighted by atomic mass is 35.5. The molecule has 2 aromatic rings. The molecule has 0 bridgehead atoms. The van der Waals surface area contributed by atoms with Crippen LogP contribution in [0.2, 0.25) is 5.02 Å². The number of rotatable bonds is 7. The first kappa shape index (κ1) is 20.4. The molecule has 0 heterocycles. The second-order valence-corrected chi connectivity index (χ2v) is 5.97. The molecule has 0 aliphatic carbocycles. The van der Waals surface area contributed by atoms with Crippen molar-refractivity contribution < 1.29 is 23.8 Å². The van der Waals surface area contributed by atoms with Gasteiger partial charge in [0, 0.05) is 23.7 Å². The second-order valence-electron chi connectivity index (χ2n) is 5.54. The third-order valence-corrected chi connectivity index (χ3v) is 4.03. The lowest BCUT2D eigenvalue weighted by atomic mass is 10.2. The Labute approximate surface area is 162 Å². The first-order chi connectivity index (χ1) is 12.9. The Morgan fingerprint density at radius 2 is 1.59 bits per heavy atom. The maximum absolute atomic E-state index is 12.5. The monoisotopic (exact) mass is 392 g/mol. The van der Waals surface area contributed by atoms with Crippen LogP contribution in [0.3, 0.4) is 0 Å². The van der Waals surface area contributed by atoms with Crippen molar-refractivity contribution in [2.75, 3.05) is 38.1 Å². The first-order valence-corrected chi connectivity index (χ1v) is 8.41. The van der Waals surface area contributed by atoms with E-state index in [1.54, 1.807) is 36.4 Å². The van der Waals surface area contributed by atoms with Crippen molar-refractivity contribution in [2.24, 2.45) is 0 Å². The van der Waals surface area contributed by atoms with E-state index < -0.39 is 5.91 Å². The van der Waals surface area contributed by atoms with E-state index in [2.05, 4.69) is 5.32 Å². The maximum atomic E-state index is 12.5. The van der Waals surface area contributed by atoms with Crippen LogP contribution >= 0.6 is 11.6 Å². The average molecular weight is 393 g/mol. The van der Waals surface area contributed by atoms with Crippen LogP contribution in [0.1, 0.15) is 6.92 Å². The Hall–Kier alpha value is -2.93. The Morgan fingerprint density at radius 1 is 0.963 bits per heavy atom. The number of ether oxygens (including phenoxy) is 3. The highest BCUT2D eigenvalue weighted by molar-refractivity contribution is 6.31. The van der Waals surface area contributed by atoms with Crippen LogP contribution in [-0.2, 0) is 9.59 Å². The lowest BCUT2D eigenvalue weighted by Crippen LogP contribution is -2.36. The van der Waals surface area contributed by atoms with Gasteiger partial charge in [0.05, 0.1) is 27.0 Å². The van der Waals surface area contributed by atoms with Crippen molar-refractivity contribution in [2.45, 2.75) is 6.92 Å². The van der Waals surface area contributed by atoms with Gasteiger partial charge in [0.15, 0.2) is 11.5 Å². The van der Waals surface area contributed by atoms with Gasteiger partial charge >= 0.3 is 0 Å². The predicted octanol–water partition coefficient (Wildman–Crippen LogP) is 3.36. The number of carbonyl (C=O) groups is 2. The molecule has 0 aliphatic heterocycles. The zero-order chi connectivity index (χ0) is 20.0. The standard InChI is InChI=1S/C19H21ClN2O5/c1-12(23)22(14-6-8-17(26-3)18(10-14)27-4)11-19(24)21-15-9-13(20)5-7-16(15)25-2/h5-10H,11H2,1-4H3,(H,21,24). The minimum absolute atomic E-state index is 0.194. The van der Waals surface area contributed by atoms with Gasteiger partial charge < -0.3 is 24.4 Å². The molecule has 27 heavy (non-hydrogen) atoms. The fourth-order valence-electron chi connectivity index (χ4n) is 2.49. The number of amides is 2. The normalized spacial score (nSPS) is 10.1. The van der Waals surface area contributed by atoms with Gasteiger partial charge in [0.1, 0.15) is 12.3 Å². The molecule has 0 spiro atoms. The summed E-state index contributed by atoms with van der Waals surface area (Å²) < 4.78 is 15.7. The number of halogens is 1. The van der Waals surface area contributed by atoms with Gasteiger partial charge in [-0.15, -0.1) is 0 Å². The van der Waals surface area contributed by atoms with Crippen molar-refractivity contribution in [1.82, 2.24) is 0 Å². The number of nitrogens with zero attached hydrogens (tertiary/aromatic N) is 1. The van der Waals surface area contributed by atoms with Crippen LogP contribution in [0.5, 0.6) is 17.2 Å². The Kier molecular flexibility index (Phi) is 6.90. The number of carbonyl (C=O) groups excluding carboxylic acids is 2. The molecule has 7 nitrogen and oxygen atoms in total. The van der Waals surface area contributed by atoms with E-state index in [1.807, 2.05) is 0 Å². The summed E-state index contributed by atoms with van der Waals surface area (Å²) in [6, 6.07) is 9.86. The second kappa shape index (κ2) is 9.14. The van der Waals surface area contributed by atoms with Crippen LogP contribution in [0, 0.1) is 0 Å². The number of hydrogen-bond acceptors (Lipinski definition) is 5. The van der Waals surface area contributed by atoms with E-state index >= 15 is 0 Å². The van der Waals surface area contributed by atoms with Gasteiger partial charge in [0.25, 0.3) is 0 Å². The zero-order valence-corrected chi connectivity index (χ0v) is 16.3. The highest BCUT2D eigenvalue weighted by Gasteiger charge is 2.19. The smallest absolute Gasteiger partial charge is 0.244 e. The largest absolute Gasteiger partial charge is 0.495 e. The quantitative estimate of drug-likeness (QED) is 0.781. The summed E-state index contributed by atoms with van der Waals surface area (Å²) in [6.07, 6.45) is 0. The molecular formula is C19H21ClN2O5. The predicted molar refractivity (Wildman–Crippen MR) is 104 cm³/mol. The van der Waals surface area contributed by atoms with E-state index in [4.69, 9.17) is 25.8 Å². The summed E-state index contributed by atoms with van der Waals surface area (Å²) in [4.78, 5) is 25.9. The van der Waals surface area contributed by atoms with Crippen molar-refractivity contribution in [1.29, 1.82) is 0 Å². The van der Waals surface area contributed by atoms with Crippen LogP contribution in [0.15, 0.2) is 36.4 Å². The molecule has 0 saturated carbocycles. The minimum Gasteiger partial charge on any atom is -0.495 e. The van der Waals surface area contributed by atoms with Gasteiger partial charge in [-0.1, -0.05) is 11.6 Å². The van der Waals surface area contributed by atoms with Crippen molar-refractivity contribution in [3.05, 3.63) is 41.4 Å². The van der Waals surface area contributed by atoms with E-state index in [-0.39, 0.29) is 12.5 Å². The lowest BCUT2D eigenvalue weighted by molar-refractivity contribution is -0.120. The molecule has 0 aliphatic rings. The van der Waals surface area contributed by atoms with E-state index in [9.17, 15) is 9.59 Å². The zero-order valence-electron chi connectivity index (χ0n) is 15.5. The molecule has 2 amide bonds. The molecule has 2 aromatic carbocycles. The minimum atomic E-state index is -0.402. The van der Waals surface area contributed by atoms with Crippen LogP contribution in [0.25, 0.3) is 0 Å². The van der Waals surface area contributed by atoms with E-state index in [0.717, 1.165) is 0 Å². The van der Waals surface area contributed by atoms with Crippen LogP contribution in [0.4, 0.5) is 11.4 Å². The van der Waals surface area contributed by atoms with Crippen molar-refractivity contribution >= 4 is 34.8 Å². The summed E-state index contributed by atoms with van der Waals surface area (Å²) in [7, 11) is 4.51. The molecule has 0 radical (unpaired) electrons. The van der Waals surface area contributed by atoms with Gasteiger partial charge in [-0.2, -0.15) is 0 Å². The average Bonchev–Trinajstić information content (AvgIpc) is 2.65. The van der Waals surface area contributed by atoms with Crippen molar-refractivity contribution in [3.63, 3.8) is 0 Å². The lowest BCUT2D eigenvalue weighted by Gasteiger charge is -2.22. The van der Waals surface area contributed by atoms with Crippen LogP contribution in [-0.4, -0.2) is 39.7 Å². The van der Waals surface area contributed by atoms with Gasteiger partial charge in [-0.25, -0.2) is 0 Å². The molecule has 2 rings (SSSR count). The maximum Gasteiger partial charge on any atom is 0.244 e. The van der Waals surface area contributed by atoms with E-state index in [0.29, 0.717) is 33.6 Å². The molecule has 0 atom stereocenters. The summed E-state index contributed by atoms with van der Waals surface area (Å²) in [5.41, 5.74) is 0.930. The highest BCUT2D eigenvalue weighted by Crippen LogP contribution is 2.32. The molecule has 8 heteroatoms. The Bertz CT molecular complexity index is 841. The number of hydrogen-bond donors (Lipinski definition) is 1. The fourth-order valence-corrected chi connectivity index (χ4v) is 2.66.